The molecule has 0 radical (unpaired) electrons. The summed E-state index contributed by atoms with van der Waals surface area (Å²) in [7, 11) is -4.35. The van der Waals surface area contributed by atoms with E-state index in [2.05, 4.69) is 0 Å². The Morgan fingerprint density at radius 3 is 2.07 bits per heavy atom. The van der Waals surface area contributed by atoms with Crippen LogP contribution in [0.3, 0.4) is 0 Å². The molecule has 2 N–H and O–H groups in total. The lowest BCUT2D eigenvalue weighted by Crippen LogP contribution is -2.03. The van der Waals surface area contributed by atoms with Crippen molar-refractivity contribution in [1.82, 2.24) is 0 Å². The Morgan fingerprint density at radius 1 is 1.14 bits per heavy atom. The summed E-state index contributed by atoms with van der Waals surface area (Å²) in [5, 5.41) is 9.39. The molecule has 0 aromatic heterocycles. The lowest BCUT2D eigenvalue weighted by Gasteiger charge is -2.10. The minimum atomic E-state index is -4.35. The molecule has 0 aliphatic carbocycles. The molecule has 0 saturated heterocycles. The minimum Gasteiger partial charge on any atom is -0.506 e. The number of rotatable bonds is 1. The maximum atomic E-state index is 10.9. The Kier molecular flexibility index (Phi) is 2.56. The van der Waals surface area contributed by atoms with Gasteiger partial charge >= 0.3 is 0 Å². The van der Waals surface area contributed by atoms with E-state index in [9.17, 15) is 13.5 Å². The topological polar surface area (TPSA) is 74.6 Å². The van der Waals surface area contributed by atoms with Crippen LogP contribution in [0.4, 0.5) is 0 Å². The molecule has 0 spiro atoms. The van der Waals surface area contributed by atoms with Crippen LogP contribution in [0.1, 0.15) is 16.7 Å². The molecule has 0 atom stereocenters. The van der Waals surface area contributed by atoms with E-state index in [4.69, 9.17) is 4.55 Å². The number of benzene rings is 1. The molecule has 1 rings (SSSR count). The van der Waals surface area contributed by atoms with Crippen LogP contribution < -0.4 is 0 Å². The summed E-state index contributed by atoms with van der Waals surface area (Å²) in [6.07, 6.45) is 0. The summed E-state index contributed by atoms with van der Waals surface area (Å²) in [6.45, 7) is 5.04. The average molecular weight is 216 g/mol. The predicted octanol–water partition coefficient (Wildman–Crippen LogP) is 1.56. The predicted molar refractivity (Wildman–Crippen MR) is 52.1 cm³/mol. The van der Waals surface area contributed by atoms with Crippen LogP contribution in [0, 0.1) is 20.8 Å². The zero-order valence-electron chi connectivity index (χ0n) is 8.20. The van der Waals surface area contributed by atoms with Gasteiger partial charge < -0.3 is 5.11 Å². The Bertz CT molecular complexity index is 474. The van der Waals surface area contributed by atoms with Crippen LogP contribution >= 0.6 is 0 Å². The maximum Gasteiger partial charge on any atom is 0.298 e. The van der Waals surface area contributed by atoms with Crippen LogP contribution in [0.25, 0.3) is 0 Å². The standard InChI is InChI=1S/C9H12O4S/c1-5-4-8(10)9(14(11,12)13)7(3)6(5)2/h4,10H,1-3H3,(H,11,12,13). The minimum absolute atomic E-state index is 0.380. The molecule has 1 aromatic rings. The van der Waals surface area contributed by atoms with Gasteiger partial charge in [0.15, 0.2) is 0 Å². The monoisotopic (exact) mass is 216 g/mol. The van der Waals surface area contributed by atoms with Crippen LogP contribution in [0.2, 0.25) is 0 Å². The maximum absolute atomic E-state index is 10.9. The molecule has 0 aliphatic heterocycles. The Morgan fingerprint density at radius 2 is 1.64 bits per heavy atom. The van der Waals surface area contributed by atoms with Gasteiger partial charge in [0, 0.05) is 0 Å². The number of aromatic hydroxyl groups is 1. The van der Waals surface area contributed by atoms with Crippen molar-refractivity contribution < 1.29 is 18.1 Å². The highest BCUT2D eigenvalue weighted by atomic mass is 32.2. The fourth-order valence-corrected chi connectivity index (χ4v) is 2.23. The lowest BCUT2D eigenvalue weighted by atomic mass is 10.0. The van der Waals surface area contributed by atoms with Crippen molar-refractivity contribution in [2.75, 3.05) is 0 Å². The third-order valence-electron chi connectivity index (χ3n) is 2.34. The molecule has 0 aliphatic rings. The Labute approximate surface area is 82.9 Å². The molecule has 14 heavy (non-hydrogen) atoms. The van der Waals surface area contributed by atoms with E-state index in [1.165, 1.54) is 6.07 Å². The molecular formula is C9H12O4S. The van der Waals surface area contributed by atoms with Gasteiger partial charge in [-0.1, -0.05) is 0 Å². The van der Waals surface area contributed by atoms with Gasteiger partial charge in [0.05, 0.1) is 0 Å². The summed E-state index contributed by atoms with van der Waals surface area (Å²) in [6, 6.07) is 1.32. The van der Waals surface area contributed by atoms with E-state index in [1.807, 2.05) is 0 Å². The molecule has 0 unspecified atom stereocenters. The van der Waals surface area contributed by atoms with E-state index in [1.54, 1.807) is 20.8 Å². The smallest absolute Gasteiger partial charge is 0.298 e. The van der Waals surface area contributed by atoms with E-state index < -0.39 is 20.8 Å². The summed E-state index contributed by atoms with van der Waals surface area (Å²) in [4.78, 5) is -0.402. The largest absolute Gasteiger partial charge is 0.506 e. The number of aryl methyl sites for hydroxylation is 1. The van der Waals surface area contributed by atoms with Gasteiger partial charge in [-0.2, -0.15) is 8.42 Å². The van der Waals surface area contributed by atoms with Crippen LogP contribution in [-0.2, 0) is 10.1 Å². The van der Waals surface area contributed by atoms with Gasteiger partial charge in [-0.05, 0) is 43.5 Å². The van der Waals surface area contributed by atoms with E-state index >= 15 is 0 Å². The Balaban J connectivity index is 3.70. The van der Waals surface area contributed by atoms with Gasteiger partial charge in [0.2, 0.25) is 0 Å². The molecule has 1 aromatic carbocycles. The van der Waals surface area contributed by atoms with Crippen LogP contribution in [-0.4, -0.2) is 18.1 Å². The highest BCUT2D eigenvalue weighted by Crippen LogP contribution is 2.30. The van der Waals surface area contributed by atoms with Crippen LogP contribution in [0.15, 0.2) is 11.0 Å². The van der Waals surface area contributed by atoms with Crippen molar-refractivity contribution in [3.63, 3.8) is 0 Å². The zero-order valence-corrected chi connectivity index (χ0v) is 9.01. The van der Waals surface area contributed by atoms with Crippen LogP contribution in [0.5, 0.6) is 5.75 Å². The summed E-state index contributed by atoms with van der Waals surface area (Å²) in [5.41, 5.74) is 1.91. The van der Waals surface area contributed by atoms with Gasteiger partial charge in [0.25, 0.3) is 10.1 Å². The van der Waals surface area contributed by atoms with E-state index in [-0.39, 0.29) is 0 Å². The number of hydrogen-bond acceptors (Lipinski definition) is 3. The van der Waals surface area contributed by atoms with E-state index in [0.717, 1.165) is 11.1 Å². The first-order chi connectivity index (χ1) is 6.25. The Hall–Kier alpha value is -1.07. The van der Waals surface area contributed by atoms with Gasteiger partial charge in [0.1, 0.15) is 10.6 Å². The summed E-state index contributed by atoms with van der Waals surface area (Å²) >= 11 is 0. The summed E-state index contributed by atoms with van der Waals surface area (Å²) < 4.78 is 30.7. The molecule has 0 bridgehead atoms. The van der Waals surface area contributed by atoms with Crippen molar-refractivity contribution in [2.24, 2.45) is 0 Å². The second kappa shape index (κ2) is 3.25. The molecule has 78 valence electrons. The SMILES string of the molecule is Cc1cc(O)c(S(=O)(=O)O)c(C)c1C. The average Bonchev–Trinajstić information content (AvgIpc) is 1.97. The van der Waals surface area contributed by atoms with E-state index in [0.29, 0.717) is 5.56 Å². The van der Waals surface area contributed by atoms with Crippen molar-refractivity contribution in [3.05, 3.63) is 22.8 Å². The van der Waals surface area contributed by atoms with Gasteiger partial charge in [-0.25, -0.2) is 0 Å². The van der Waals surface area contributed by atoms with Gasteiger partial charge in [-0.3, -0.25) is 4.55 Å². The molecule has 0 saturated carbocycles. The second-order valence-corrected chi connectivity index (χ2v) is 4.63. The van der Waals surface area contributed by atoms with Crippen molar-refractivity contribution in [3.8, 4) is 5.75 Å². The first-order valence-corrected chi connectivity index (χ1v) is 5.46. The summed E-state index contributed by atoms with van der Waals surface area (Å²) in [5.74, 6) is -0.409. The quantitative estimate of drug-likeness (QED) is 0.699. The normalized spacial score (nSPS) is 11.7. The highest BCUT2D eigenvalue weighted by Gasteiger charge is 2.20. The van der Waals surface area contributed by atoms with Crippen molar-refractivity contribution >= 4 is 10.1 Å². The fourth-order valence-electron chi connectivity index (χ4n) is 1.36. The molecule has 5 heteroatoms. The highest BCUT2D eigenvalue weighted by molar-refractivity contribution is 7.86. The van der Waals surface area contributed by atoms with Crippen molar-refractivity contribution in [1.29, 1.82) is 0 Å². The number of phenols is 1. The van der Waals surface area contributed by atoms with Gasteiger partial charge in [-0.15, -0.1) is 0 Å². The fraction of sp³-hybridized carbons (Fsp3) is 0.333. The molecule has 0 amide bonds. The first kappa shape index (κ1) is 11.0. The molecule has 0 heterocycles. The third-order valence-corrected chi connectivity index (χ3v) is 3.37. The number of hydrogen-bond donors (Lipinski definition) is 2. The van der Waals surface area contributed by atoms with Crippen molar-refractivity contribution in [2.45, 2.75) is 25.7 Å². The number of phenolic OH excluding ortho intramolecular Hbond substituents is 1. The second-order valence-electron chi connectivity index (χ2n) is 3.27. The molecular weight excluding hydrogens is 204 g/mol. The first-order valence-electron chi connectivity index (χ1n) is 4.02. The lowest BCUT2D eigenvalue weighted by molar-refractivity contribution is 0.441. The third kappa shape index (κ3) is 1.73. The molecule has 4 nitrogen and oxygen atoms in total. The molecule has 0 fully saturated rings. The zero-order chi connectivity index (χ0) is 11.1.